The van der Waals surface area contributed by atoms with Crippen LogP contribution in [0.15, 0.2) is 47.3 Å². The van der Waals surface area contributed by atoms with Crippen LogP contribution in [-0.2, 0) is 9.59 Å². The molecule has 2 saturated heterocycles. The van der Waals surface area contributed by atoms with E-state index in [0.29, 0.717) is 32.7 Å². The van der Waals surface area contributed by atoms with Crippen molar-refractivity contribution < 1.29 is 14.4 Å². The van der Waals surface area contributed by atoms with Crippen LogP contribution >= 0.6 is 0 Å². The van der Waals surface area contributed by atoms with Crippen LogP contribution in [0, 0.1) is 5.92 Å². The van der Waals surface area contributed by atoms with Crippen molar-refractivity contribution >= 4 is 17.7 Å². The van der Waals surface area contributed by atoms with Crippen LogP contribution in [0.25, 0.3) is 0 Å². The summed E-state index contributed by atoms with van der Waals surface area (Å²) in [6, 6.07) is 12.4. The van der Waals surface area contributed by atoms with Crippen molar-refractivity contribution in [2.75, 3.05) is 32.7 Å². The third-order valence-corrected chi connectivity index (χ3v) is 6.03. The molecule has 2 aliphatic rings. The molecule has 2 atom stereocenters. The molecule has 1 aromatic carbocycles. The lowest BCUT2D eigenvalue weighted by Crippen LogP contribution is -2.52. The molecule has 162 valence electrons. The second kappa shape index (κ2) is 8.71. The summed E-state index contributed by atoms with van der Waals surface area (Å²) in [5, 5.41) is 6.04. The molecule has 1 aromatic heterocycles. The average Bonchev–Trinajstić information content (AvgIpc) is 3.20. The van der Waals surface area contributed by atoms with E-state index in [1.807, 2.05) is 37.3 Å². The van der Waals surface area contributed by atoms with Gasteiger partial charge in [-0.05, 0) is 18.6 Å². The number of likely N-dealkylation sites (tertiary alicyclic amines) is 1. The van der Waals surface area contributed by atoms with Crippen LogP contribution in [0.3, 0.4) is 0 Å². The fourth-order valence-electron chi connectivity index (χ4n) is 4.20. The first-order valence-corrected chi connectivity index (χ1v) is 10.4. The topological polar surface area (TPSA) is 107 Å². The maximum atomic E-state index is 13.0. The highest BCUT2D eigenvalue weighted by Crippen LogP contribution is 2.29. The molecule has 1 N–H and O–H groups in total. The Hall–Kier alpha value is -3.49. The molecule has 2 aromatic rings. The zero-order valence-electron chi connectivity index (χ0n) is 17.4. The molecule has 3 amide bonds. The molecule has 0 bridgehead atoms. The normalized spacial score (nSPS) is 20.1. The van der Waals surface area contributed by atoms with E-state index < -0.39 is 0 Å². The third kappa shape index (κ3) is 4.35. The molecule has 2 fully saturated rings. The minimum atomic E-state index is -0.367. The predicted octanol–water partition coefficient (Wildman–Crippen LogP) is 0.664. The van der Waals surface area contributed by atoms with Crippen molar-refractivity contribution in [1.29, 1.82) is 0 Å². The highest BCUT2D eigenvalue weighted by atomic mass is 16.2. The predicted molar refractivity (Wildman–Crippen MR) is 112 cm³/mol. The second-order valence-electron chi connectivity index (χ2n) is 7.96. The van der Waals surface area contributed by atoms with Crippen molar-refractivity contribution in [2.24, 2.45) is 5.92 Å². The summed E-state index contributed by atoms with van der Waals surface area (Å²) in [4.78, 5) is 54.4. The SMILES string of the molecule is CC(c1ccccc1)N1CC(C(=O)N2CCN(C(=O)c3ccc(=O)[nH]n3)CC2)CC1=O. The van der Waals surface area contributed by atoms with Gasteiger partial charge in [0.1, 0.15) is 5.69 Å². The van der Waals surface area contributed by atoms with E-state index in [0.717, 1.165) is 5.56 Å². The van der Waals surface area contributed by atoms with E-state index in [1.165, 1.54) is 12.1 Å². The maximum Gasteiger partial charge on any atom is 0.274 e. The van der Waals surface area contributed by atoms with E-state index in [9.17, 15) is 19.2 Å². The van der Waals surface area contributed by atoms with Gasteiger partial charge in [-0.2, -0.15) is 5.10 Å². The van der Waals surface area contributed by atoms with Gasteiger partial charge in [-0.25, -0.2) is 5.10 Å². The van der Waals surface area contributed by atoms with E-state index in [2.05, 4.69) is 10.2 Å². The van der Waals surface area contributed by atoms with Gasteiger partial charge < -0.3 is 14.7 Å². The average molecular weight is 423 g/mol. The van der Waals surface area contributed by atoms with Gasteiger partial charge in [0.05, 0.1) is 12.0 Å². The first-order chi connectivity index (χ1) is 14.9. The van der Waals surface area contributed by atoms with Gasteiger partial charge in [-0.15, -0.1) is 0 Å². The van der Waals surface area contributed by atoms with Crippen LogP contribution in [0.4, 0.5) is 0 Å². The van der Waals surface area contributed by atoms with Crippen LogP contribution < -0.4 is 5.56 Å². The third-order valence-electron chi connectivity index (χ3n) is 6.03. The lowest BCUT2D eigenvalue weighted by atomic mass is 10.1. The van der Waals surface area contributed by atoms with Crippen LogP contribution in [0.5, 0.6) is 0 Å². The molecule has 9 nitrogen and oxygen atoms in total. The fraction of sp³-hybridized carbons (Fsp3) is 0.409. The zero-order valence-corrected chi connectivity index (χ0v) is 17.4. The number of H-pyrrole nitrogens is 1. The Morgan fingerprint density at radius 3 is 2.32 bits per heavy atom. The molecule has 2 aliphatic heterocycles. The number of hydrogen-bond donors (Lipinski definition) is 1. The van der Waals surface area contributed by atoms with Gasteiger partial charge in [-0.3, -0.25) is 19.2 Å². The molecule has 3 heterocycles. The van der Waals surface area contributed by atoms with E-state index >= 15 is 0 Å². The Morgan fingerprint density at radius 2 is 1.68 bits per heavy atom. The number of amides is 3. The zero-order chi connectivity index (χ0) is 22.0. The summed E-state index contributed by atoms with van der Waals surface area (Å²) >= 11 is 0. The Labute approximate surface area is 179 Å². The van der Waals surface area contributed by atoms with Gasteiger partial charge in [-0.1, -0.05) is 30.3 Å². The summed E-state index contributed by atoms with van der Waals surface area (Å²) in [5.74, 6) is -0.679. The lowest BCUT2D eigenvalue weighted by molar-refractivity contribution is -0.137. The standard InChI is InChI=1S/C22H25N5O4/c1-15(16-5-3-2-4-6-16)27-14-17(13-20(27)29)21(30)25-9-11-26(12-10-25)22(31)18-7-8-19(28)24-23-18/h2-8,15,17H,9-14H2,1H3,(H,24,28). The number of carbonyl (C=O) groups excluding carboxylic acids is 3. The molecule has 0 aliphatic carbocycles. The molecule has 4 rings (SSSR count). The summed E-state index contributed by atoms with van der Waals surface area (Å²) in [6.07, 6.45) is 0.219. The monoisotopic (exact) mass is 423 g/mol. The highest BCUT2D eigenvalue weighted by molar-refractivity contribution is 5.92. The Balaban J connectivity index is 1.33. The van der Waals surface area contributed by atoms with Gasteiger partial charge in [0.25, 0.3) is 11.5 Å². The van der Waals surface area contributed by atoms with E-state index in [1.54, 1.807) is 14.7 Å². The molecular formula is C22H25N5O4. The summed E-state index contributed by atoms with van der Waals surface area (Å²) < 4.78 is 0. The summed E-state index contributed by atoms with van der Waals surface area (Å²) in [5.41, 5.74) is 0.854. The van der Waals surface area contributed by atoms with Gasteiger partial charge in [0.15, 0.2) is 0 Å². The van der Waals surface area contributed by atoms with Crippen LogP contribution in [0.1, 0.15) is 35.4 Å². The molecule has 2 unspecified atom stereocenters. The van der Waals surface area contributed by atoms with Crippen molar-refractivity contribution in [1.82, 2.24) is 24.9 Å². The number of benzene rings is 1. The molecular weight excluding hydrogens is 398 g/mol. The minimum Gasteiger partial charge on any atom is -0.339 e. The van der Waals surface area contributed by atoms with Crippen molar-refractivity contribution in [3.63, 3.8) is 0 Å². The second-order valence-corrected chi connectivity index (χ2v) is 7.96. The molecule has 9 heteroatoms. The summed E-state index contributed by atoms with van der Waals surface area (Å²) in [6.45, 7) is 3.98. The van der Waals surface area contributed by atoms with Gasteiger partial charge in [0, 0.05) is 45.2 Å². The quantitative estimate of drug-likeness (QED) is 0.778. The number of piperazine rings is 1. The van der Waals surface area contributed by atoms with Crippen LogP contribution in [-0.4, -0.2) is 75.3 Å². The molecule has 31 heavy (non-hydrogen) atoms. The molecule has 0 spiro atoms. The Kier molecular flexibility index (Phi) is 5.83. The number of rotatable bonds is 4. The number of nitrogens with zero attached hydrogens (tertiary/aromatic N) is 4. The maximum absolute atomic E-state index is 13.0. The van der Waals surface area contributed by atoms with Crippen LogP contribution in [0.2, 0.25) is 0 Å². The lowest BCUT2D eigenvalue weighted by Gasteiger charge is -2.35. The van der Waals surface area contributed by atoms with Crippen molar-refractivity contribution in [2.45, 2.75) is 19.4 Å². The Bertz CT molecular complexity index is 1010. The van der Waals surface area contributed by atoms with Gasteiger partial charge in [0.2, 0.25) is 11.8 Å². The molecule has 0 saturated carbocycles. The number of nitrogens with one attached hydrogen (secondary N) is 1. The van der Waals surface area contributed by atoms with E-state index in [4.69, 9.17) is 0 Å². The number of carbonyl (C=O) groups is 3. The number of aromatic amines is 1. The van der Waals surface area contributed by atoms with E-state index in [-0.39, 0.29) is 47.4 Å². The highest BCUT2D eigenvalue weighted by Gasteiger charge is 2.39. The first-order valence-electron chi connectivity index (χ1n) is 10.4. The Morgan fingerprint density at radius 1 is 1.00 bits per heavy atom. The largest absolute Gasteiger partial charge is 0.339 e. The number of aromatic nitrogens is 2. The van der Waals surface area contributed by atoms with Crippen molar-refractivity contribution in [3.8, 4) is 0 Å². The minimum absolute atomic E-state index is 0.00680. The van der Waals surface area contributed by atoms with Crippen molar-refractivity contribution in [3.05, 3.63) is 64.1 Å². The first kappa shape index (κ1) is 20.8. The number of hydrogen-bond acceptors (Lipinski definition) is 5. The fourth-order valence-corrected chi connectivity index (χ4v) is 4.20. The molecule has 0 radical (unpaired) electrons. The van der Waals surface area contributed by atoms with Gasteiger partial charge >= 0.3 is 0 Å². The summed E-state index contributed by atoms with van der Waals surface area (Å²) in [7, 11) is 0. The smallest absolute Gasteiger partial charge is 0.274 e.